The summed E-state index contributed by atoms with van der Waals surface area (Å²) in [4.78, 5) is 29.7. The maximum atomic E-state index is 5.14. The largest absolute Gasteiger partial charge is 0.251 e. The fourth-order valence-electron chi connectivity index (χ4n) is 8.46. The van der Waals surface area contributed by atoms with Gasteiger partial charge in [0.25, 0.3) is 0 Å². The molecular weight excluding hydrogens is 540 g/mol. The van der Waals surface area contributed by atoms with E-state index < -0.39 is 0 Å². The smallest absolute Gasteiger partial charge is 0.107 e. The molecule has 4 bridgehead atoms. The van der Waals surface area contributed by atoms with Crippen LogP contribution >= 0.6 is 0 Å². The topological polar surface area (TPSA) is 77.3 Å². The molecule has 6 aliphatic carbocycles. The zero-order valence-electron chi connectivity index (χ0n) is 25.7. The molecule has 0 amide bonds. The Morgan fingerprint density at radius 2 is 0.864 bits per heavy atom. The van der Waals surface area contributed by atoms with Crippen molar-refractivity contribution >= 4 is 0 Å². The van der Waals surface area contributed by atoms with E-state index in [2.05, 4.69) is 52.0 Å². The van der Waals surface area contributed by atoms with Crippen molar-refractivity contribution in [2.24, 2.45) is 22.7 Å². The molecule has 5 aromatic rings. The summed E-state index contributed by atoms with van der Waals surface area (Å²) in [5.74, 6) is 2.66. The van der Waals surface area contributed by atoms with Gasteiger partial charge in [-0.15, -0.1) is 0 Å². The predicted octanol–water partition coefficient (Wildman–Crippen LogP) is 8.10. The van der Waals surface area contributed by atoms with Crippen molar-refractivity contribution in [1.82, 2.24) is 29.9 Å². The fraction of sp³-hybridized carbons (Fsp3) is 0.368. The van der Waals surface area contributed by atoms with Gasteiger partial charge in [-0.05, 0) is 95.9 Å². The van der Waals surface area contributed by atoms with Gasteiger partial charge in [-0.25, -0.2) is 9.97 Å². The number of hydrogen-bond acceptors (Lipinski definition) is 6. The van der Waals surface area contributed by atoms with E-state index >= 15 is 0 Å². The Morgan fingerprint density at radius 1 is 0.477 bits per heavy atom. The summed E-state index contributed by atoms with van der Waals surface area (Å²) in [6, 6.07) is 20.9. The molecule has 11 rings (SSSR count). The molecule has 0 aromatic carbocycles. The molecule has 0 radical (unpaired) electrons. The fourth-order valence-corrected chi connectivity index (χ4v) is 8.46. The monoisotopic (exact) mass is 576 g/mol. The minimum atomic E-state index is 0.341. The van der Waals surface area contributed by atoms with Crippen molar-refractivity contribution in [3.05, 3.63) is 95.6 Å². The number of aromatic nitrogens is 6. The van der Waals surface area contributed by atoms with E-state index in [0.29, 0.717) is 22.7 Å². The average Bonchev–Trinajstić information content (AvgIpc) is 3.07. The average molecular weight is 577 g/mol. The van der Waals surface area contributed by atoms with Crippen LogP contribution < -0.4 is 0 Å². The molecule has 5 heterocycles. The van der Waals surface area contributed by atoms with Crippen LogP contribution in [0.15, 0.2) is 73.1 Å². The summed E-state index contributed by atoms with van der Waals surface area (Å²) < 4.78 is 0. The van der Waals surface area contributed by atoms with Crippen molar-refractivity contribution in [2.45, 2.75) is 65.2 Å². The molecule has 44 heavy (non-hydrogen) atoms. The van der Waals surface area contributed by atoms with E-state index in [1.54, 1.807) is 12.4 Å². The van der Waals surface area contributed by atoms with Crippen LogP contribution in [0, 0.1) is 22.7 Å². The van der Waals surface area contributed by atoms with E-state index in [1.165, 1.54) is 35.4 Å². The SMILES string of the molecule is CC1(C)[C@H]2Cc3ccc(-c4cccc(-c5cnc(-c6cccc(-c7ccc8c(n7)[C@@H]7C[C@H](C8)C7(C)C)n6)cn5)n4)nc3[C@@H]1C2. The number of nitrogens with zero attached hydrogens (tertiary/aromatic N) is 6. The number of hydrogen-bond donors (Lipinski definition) is 0. The zero-order valence-corrected chi connectivity index (χ0v) is 25.7. The molecule has 0 N–H and O–H groups in total. The Morgan fingerprint density at radius 3 is 1.25 bits per heavy atom. The molecule has 6 aliphatic rings. The second-order valence-electron chi connectivity index (χ2n) is 14.6. The molecule has 6 heteroatoms. The summed E-state index contributed by atoms with van der Waals surface area (Å²) in [6.45, 7) is 9.57. The molecule has 0 spiro atoms. The first-order valence-electron chi connectivity index (χ1n) is 16.0. The van der Waals surface area contributed by atoms with E-state index in [-0.39, 0.29) is 0 Å². The Kier molecular flexibility index (Phi) is 5.40. The van der Waals surface area contributed by atoms with Gasteiger partial charge < -0.3 is 0 Å². The third-order valence-corrected chi connectivity index (χ3v) is 11.8. The van der Waals surface area contributed by atoms with E-state index in [1.807, 2.05) is 36.4 Å². The molecule has 2 saturated carbocycles. The van der Waals surface area contributed by atoms with Gasteiger partial charge in [0.1, 0.15) is 11.4 Å². The van der Waals surface area contributed by atoms with E-state index in [0.717, 1.165) is 70.2 Å². The highest BCUT2D eigenvalue weighted by Crippen LogP contribution is 2.62. The van der Waals surface area contributed by atoms with Crippen molar-refractivity contribution in [3.8, 4) is 45.6 Å². The van der Waals surface area contributed by atoms with Gasteiger partial charge in [-0.3, -0.25) is 19.9 Å². The number of pyridine rings is 4. The molecular formula is C38H36N6. The van der Waals surface area contributed by atoms with Gasteiger partial charge in [-0.1, -0.05) is 52.0 Å². The van der Waals surface area contributed by atoms with E-state index in [4.69, 9.17) is 29.9 Å². The van der Waals surface area contributed by atoms with Crippen LogP contribution in [0.2, 0.25) is 0 Å². The van der Waals surface area contributed by atoms with Crippen LogP contribution in [0.1, 0.15) is 74.9 Å². The van der Waals surface area contributed by atoms with E-state index in [9.17, 15) is 0 Å². The second kappa shape index (κ2) is 9.10. The quantitative estimate of drug-likeness (QED) is 0.215. The summed E-state index contributed by atoms with van der Waals surface area (Å²) in [6.07, 6.45) is 8.38. The minimum absolute atomic E-state index is 0.341. The van der Waals surface area contributed by atoms with Gasteiger partial charge in [0.05, 0.1) is 46.6 Å². The summed E-state index contributed by atoms with van der Waals surface area (Å²) in [5.41, 5.74) is 12.6. The highest BCUT2D eigenvalue weighted by atomic mass is 14.9. The van der Waals surface area contributed by atoms with Crippen LogP contribution in [0.4, 0.5) is 0 Å². The van der Waals surface area contributed by atoms with Gasteiger partial charge in [0.2, 0.25) is 0 Å². The molecule has 2 fully saturated rings. The standard InChI is InChI=1S/C38H36N6/c1-37(2)23-15-21-11-13-31(43-35(21)25(37)17-23)27-7-5-9-29(41-27)33-19-40-34(20-39-33)30-10-6-8-28(42-30)32-14-12-22-16-24-18-26(36(22)44-32)38(24,3)4/h5-14,19-20,23-26H,15-18H2,1-4H3/t23-,24-,25-,26-/m0/s1. The summed E-state index contributed by atoms with van der Waals surface area (Å²) >= 11 is 0. The number of rotatable bonds is 4. The normalized spacial score (nSPS) is 24.8. The Labute approximate surface area is 258 Å². The summed E-state index contributed by atoms with van der Waals surface area (Å²) in [5, 5.41) is 0. The Hall–Kier alpha value is -4.32. The molecule has 218 valence electrons. The highest BCUT2D eigenvalue weighted by Gasteiger charge is 2.54. The Balaban J connectivity index is 0.982. The molecule has 0 saturated heterocycles. The molecule has 0 unspecified atom stereocenters. The lowest BCUT2D eigenvalue weighted by Gasteiger charge is -2.56. The van der Waals surface area contributed by atoms with Crippen molar-refractivity contribution in [2.75, 3.05) is 0 Å². The van der Waals surface area contributed by atoms with Crippen LogP contribution in [0.5, 0.6) is 0 Å². The van der Waals surface area contributed by atoms with Gasteiger partial charge >= 0.3 is 0 Å². The van der Waals surface area contributed by atoms with Gasteiger partial charge in [0, 0.05) is 23.2 Å². The first kappa shape index (κ1) is 26.1. The van der Waals surface area contributed by atoms with Gasteiger partial charge in [-0.2, -0.15) is 0 Å². The van der Waals surface area contributed by atoms with Gasteiger partial charge in [0.15, 0.2) is 0 Å². The lowest BCUT2D eigenvalue weighted by Crippen LogP contribution is -2.48. The van der Waals surface area contributed by atoms with Crippen molar-refractivity contribution in [3.63, 3.8) is 0 Å². The van der Waals surface area contributed by atoms with Crippen LogP contribution in [-0.4, -0.2) is 29.9 Å². The first-order valence-corrected chi connectivity index (χ1v) is 16.0. The zero-order chi connectivity index (χ0) is 29.8. The van der Waals surface area contributed by atoms with Crippen molar-refractivity contribution < 1.29 is 0 Å². The highest BCUT2D eigenvalue weighted by molar-refractivity contribution is 5.65. The summed E-state index contributed by atoms with van der Waals surface area (Å²) in [7, 11) is 0. The Bertz CT molecular complexity index is 1820. The van der Waals surface area contributed by atoms with Crippen LogP contribution in [0.3, 0.4) is 0 Å². The third kappa shape index (κ3) is 3.79. The molecule has 4 atom stereocenters. The van der Waals surface area contributed by atoms with Crippen molar-refractivity contribution in [1.29, 1.82) is 0 Å². The maximum absolute atomic E-state index is 5.14. The predicted molar refractivity (Wildman–Crippen MR) is 172 cm³/mol. The lowest BCUT2D eigenvalue weighted by atomic mass is 9.48. The molecule has 5 aromatic heterocycles. The second-order valence-corrected chi connectivity index (χ2v) is 14.6. The lowest BCUT2D eigenvalue weighted by molar-refractivity contribution is 0.0155. The molecule has 0 aliphatic heterocycles. The minimum Gasteiger partial charge on any atom is -0.251 e. The van der Waals surface area contributed by atoms with Crippen LogP contribution in [0.25, 0.3) is 45.6 Å². The van der Waals surface area contributed by atoms with Crippen LogP contribution in [-0.2, 0) is 12.8 Å². The molecule has 6 nitrogen and oxygen atoms in total. The first-order chi connectivity index (χ1) is 21.3. The third-order valence-electron chi connectivity index (χ3n) is 11.8. The maximum Gasteiger partial charge on any atom is 0.107 e.